The Morgan fingerprint density at radius 3 is 3.00 bits per heavy atom. The molecule has 4 heteroatoms. The Bertz CT molecular complexity index is 389. The van der Waals surface area contributed by atoms with Crippen molar-refractivity contribution in [3.8, 4) is 11.5 Å². The van der Waals surface area contributed by atoms with Crippen LogP contribution >= 0.6 is 0 Å². The van der Waals surface area contributed by atoms with Crippen LogP contribution in [0.25, 0.3) is 0 Å². The lowest BCUT2D eigenvalue weighted by molar-refractivity contribution is 0.351. The minimum absolute atomic E-state index is 0.0690. The van der Waals surface area contributed by atoms with Crippen LogP contribution in [0.3, 0.4) is 0 Å². The maximum atomic E-state index is 13.3. The van der Waals surface area contributed by atoms with Gasteiger partial charge in [-0.25, -0.2) is 4.39 Å². The average molecular weight is 239 g/mol. The van der Waals surface area contributed by atoms with Gasteiger partial charge in [0, 0.05) is 11.6 Å². The van der Waals surface area contributed by atoms with Crippen molar-refractivity contribution in [2.45, 2.75) is 19.3 Å². The van der Waals surface area contributed by atoms with Crippen LogP contribution < -0.4 is 10.1 Å². The summed E-state index contributed by atoms with van der Waals surface area (Å²) in [6.45, 7) is 1.98. The molecular formula is C13H18FNO2. The summed E-state index contributed by atoms with van der Waals surface area (Å²) in [6.07, 6.45) is 2.94. The predicted molar refractivity (Wildman–Crippen MR) is 63.9 cm³/mol. The molecule has 0 aromatic heterocycles. The van der Waals surface area contributed by atoms with Crippen molar-refractivity contribution in [1.29, 1.82) is 0 Å². The summed E-state index contributed by atoms with van der Waals surface area (Å²) < 4.78 is 18.3. The third-order valence-electron chi connectivity index (χ3n) is 3.25. The molecule has 2 rings (SSSR count). The molecule has 1 saturated heterocycles. The van der Waals surface area contributed by atoms with E-state index in [4.69, 9.17) is 4.74 Å². The average Bonchev–Trinajstić information content (AvgIpc) is 2.34. The minimum atomic E-state index is -0.363. The fourth-order valence-electron chi connectivity index (χ4n) is 2.35. The SMILES string of the molecule is COc1cc(F)cc(CC2CCCNC2)c1O. The van der Waals surface area contributed by atoms with E-state index in [-0.39, 0.29) is 17.3 Å². The van der Waals surface area contributed by atoms with Gasteiger partial charge in [0.25, 0.3) is 0 Å². The lowest BCUT2D eigenvalue weighted by Crippen LogP contribution is -2.30. The van der Waals surface area contributed by atoms with E-state index in [2.05, 4.69) is 5.32 Å². The van der Waals surface area contributed by atoms with Crippen molar-refractivity contribution >= 4 is 0 Å². The Hall–Kier alpha value is -1.29. The molecule has 0 aliphatic carbocycles. The van der Waals surface area contributed by atoms with Crippen LogP contribution in [0.5, 0.6) is 11.5 Å². The Balaban J connectivity index is 2.16. The second kappa shape index (κ2) is 5.36. The summed E-state index contributed by atoms with van der Waals surface area (Å²) in [5.74, 6) is 0.378. The van der Waals surface area contributed by atoms with Crippen molar-refractivity contribution in [3.05, 3.63) is 23.5 Å². The van der Waals surface area contributed by atoms with Gasteiger partial charge in [-0.1, -0.05) is 0 Å². The normalized spacial score (nSPS) is 20.2. The maximum absolute atomic E-state index is 13.3. The second-order valence-electron chi connectivity index (χ2n) is 4.53. The van der Waals surface area contributed by atoms with Crippen LogP contribution in [0.2, 0.25) is 0 Å². The van der Waals surface area contributed by atoms with Crippen LogP contribution in [-0.2, 0) is 6.42 Å². The van der Waals surface area contributed by atoms with E-state index in [9.17, 15) is 9.50 Å². The van der Waals surface area contributed by atoms with Crippen molar-refractivity contribution in [2.75, 3.05) is 20.2 Å². The number of hydrogen-bond donors (Lipinski definition) is 2. The Labute approximate surface area is 101 Å². The van der Waals surface area contributed by atoms with Gasteiger partial charge in [0.05, 0.1) is 7.11 Å². The molecule has 0 saturated carbocycles. The zero-order valence-corrected chi connectivity index (χ0v) is 10.0. The van der Waals surface area contributed by atoms with Crippen molar-refractivity contribution in [2.24, 2.45) is 5.92 Å². The first kappa shape index (κ1) is 12.2. The monoisotopic (exact) mass is 239 g/mol. The number of benzene rings is 1. The highest BCUT2D eigenvalue weighted by Gasteiger charge is 2.18. The number of phenols is 1. The largest absolute Gasteiger partial charge is 0.504 e. The van der Waals surface area contributed by atoms with Crippen LogP contribution in [-0.4, -0.2) is 25.3 Å². The standard InChI is InChI=1S/C13H18FNO2/c1-17-12-7-11(14)6-10(13(12)16)5-9-3-2-4-15-8-9/h6-7,9,15-16H,2-5,8H2,1H3. The molecular weight excluding hydrogens is 221 g/mol. The third kappa shape index (κ3) is 2.88. The van der Waals surface area contributed by atoms with Gasteiger partial charge in [-0.15, -0.1) is 0 Å². The summed E-state index contributed by atoms with van der Waals surface area (Å²) in [6, 6.07) is 2.60. The van der Waals surface area contributed by atoms with Crippen molar-refractivity contribution in [3.63, 3.8) is 0 Å². The highest BCUT2D eigenvalue weighted by molar-refractivity contribution is 5.46. The lowest BCUT2D eigenvalue weighted by atomic mass is 9.92. The molecule has 1 atom stereocenters. The molecule has 1 heterocycles. The number of rotatable bonds is 3. The number of aromatic hydroxyl groups is 1. The Morgan fingerprint density at radius 2 is 2.35 bits per heavy atom. The summed E-state index contributed by atoms with van der Waals surface area (Å²) in [7, 11) is 1.43. The van der Waals surface area contributed by atoms with Gasteiger partial charge in [0.2, 0.25) is 0 Å². The highest BCUT2D eigenvalue weighted by atomic mass is 19.1. The van der Waals surface area contributed by atoms with E-state index in [1.54, 1.807) is 0 Å². The molecule has 17 heavy (non-hydrogen) atoms. The zero-order valence-electron chi connectivity index (χ0n) is 10.0. The van der Waals surface area contributed by atoms with Crippen LogP contribution in [0.4, 0.5) is 4.39 Å². The van der Waals surface area contributed by atoms with Gasteiger partial charge in [0.1, 0.15) is 5.82 Å². The number of piperidine rings is 1. The number of halogens is 1. The Morgan fingerprint density at radius 1 is 1.53 bits per heavy atom. The van der Waals surface area contributed by atoms with Gasteiger partial charge >= 0.3 is 0 Å². The van der Waals surface area contributed by atoms with Crippen LogP contribution in [0.15, 0.2) is 12.1 Å². The molecule has 94 valence electrons. The first-order chi connectivity index (χ1) is 8.20. The fourth-order valence-corrected chi connectivity index (χ4v) is 2.35. The highest BCUT2D eigenvalue weighted by Crippen LogP contribution is 2.33. The van der Waals surface area contributed by atoms with E-state index in [0.29, 0.717) is 17.9 Å². The van der Waals surface area contributed by atoms with E-state index >= 15 is 0 Å². The minimum Gasteiger partial charge on any atom is -0.504 e. The zero-order chi connectivity index (χ0) is 12.3. The molecule has 0 amide bonds. The molecule has 0 bridgehead atoms. The van der Waals surface area contributed by atoms with Gasteiger partial charge in [-0.2, -0.15) is 0 Å². The van der Waals surface area contributed by atoms with Crippen molar-refractivity contribution < 1.29 is 14.2 Å². The molecule has 1 aromatic carbocycles. The summed E-state index contributed by atoms with van der Waals surface area (Å²) in [5, 5.41) is 13.2. The summed E-state index contributed by atoms with van der Waals surface area (Å²) in [5.41, 5.74) is 0.635. The van der Waals surface area contributed by atoms with Gasteiger partial charge in [-0.3, -0.25) is 0 Å². The van der Waals surface area contributed by atoms with E-state index in [1.807, 2.05) is 0 Å². The molecule has 3 nitrogen and oxygen atoms in total. The van der Waals surface area contributed by atoms with Gasteiger partial charge in [0.15, 0.2) is 11.5 Å². The molecule has 1 unspecified atom stereocenters. The molecule has 1 aliphatic heterocycles. The van der Waals surface area contributed by atoms with E-state index < -0.39 is 0 Å². The van der Waals surface area contributed by atoms with Gasteiger partial charge in [-0.05, 0) is 44.3 Å². The van der Waals surface area contributed by atoms with Crippen LogP contribution in [0, 0.1) is 11.7 Å². The number of ether oxygens (including phenoxy) is 1. The molecule has 1 aliphatic rings. The number of phenolic OH excluding ortho intramolecular Hbond substituents is 1. The number of methoxy groups -OCH3 is 1. The number of nitrogens with one attached hydrogen (secondary N) is 1. The molecule has 2 N–H and O–H groups in total. The molecule has 0 radical (unpaired) electrons. The summed E-state index contributed by atoms with van der Waals surface area (Å²) in [4.78, 5) is 0. The lowest BCUT2D eigenvalue weighted by Gasteiger charge is -2.23. The number of hydrogen-bond acceptors (Lipinski definition) is 3. The van der Waals surface area contributed by atoms with Gasteiger partial charge < -0.3 is 15.2 Å². The van der Waals surface area contributed by atoms with E-state index in [1.165, 1.54) is 19.2 Å². The first-order valence-electron chi connectivity index (χ1n) is 5.97. The third-order valence-corrected chi connectivity index (χ3v) is 3.25. The predicted octanol–water partition coefficient (Wildman–Crippen LogP) is 2.08. The molecule has 0 spiro atoms. The topological polar surface area (TPSA) is 41.5 Å². The van der Waals surface area contributed by atoms with Crippen LogP contribution in [0.1, 0.15) is 18.4 Å². The molecule has 1 aromatic rings. The Kier molecular flexibility index (Phi) is 3.84. The quantitative estimate of drug-likeness (QED) is 0.848. The van der Waals surface area contributed by atoms with Crippen molar-refractivity contribution in [1.82, 2.24) is 5.32 Å². The summed E-state index contributed by atoms with van der Waals surface area (Å²) >= 11 is 0. The maximum Gasteiger partial charge on any atom is 0.163 e. The smallest absolute Gasteiger partial charge is 0.163 e. The first-order valence-corrected chi connectivity index (χ1v) is 5.97. The fraction of sp³-hybridized carbons (Fsp3) is 0.538. The molecule has 1 fully saturated rings. The second-order valence-corrected chi connectivity index (χ2v) is 4.53. The van der Waals surface area contributed by atoms with E-state index in [0.717, 1.165) is 25.9 Å².